The van der Waals surface area contributed by atoms with Crippen LogP contribution in [-0.2, 0) is 0 Å². The van der Waals surface area contributed by atoms with E-state index in [0.29, 0.717) is 10.4 Å². The van der Waals surface area contributed by atoms with E-state index < -0.39 is 0 Å². The third-order valence-corrected chi connectivity index (χ3v) is 3.10. The summed E-state index contributed by atoms with van der Waals surface area (Å²) in [5.41, 5.74) is 1.57. The van der Waals surface area contributed by atoms with Crippen LogP contribution in [0, 0.1) is 0 Å². The topological polar surface area (TPSA) is 42.2 Å². The number of halogens is 2. The predicted molar refractivity (Wildman–Crippen MR) is 75.1 cm³/mol. The molecule has 2 rings (SSSR count). The van der Waals surface area contributed by atoms with Crippen LogP contribution in [0.4, 0.5) is 5.69 Å². The van der Waals surface area contributed by atoms with Crippen molar-refractivity contribution in [3.63, 3.8) is 0 Å². The van der Waals surface area contributed by atoms with Crippen molar-refractivity contribution >= 4 is 39.1 Å². The zero-order valence-corrected chi connectivity index (χ0v) is 12.0. The quantitative estimate of drug-likeness (QED) is 0.837. The minimum absolute atomic E-state index is 0.176. The summed E-state index contributed by atoms with van der Waals surface area (Å²) in [4.78, 5) is 11.9. The summed E-state index contributed by atoms with van der Waals surface area (Å²) < 4.78 is 5.71. The number of amides is 1. The standard InChI is InChI=1S/C13H11BrClNO2/c1-8(15)9-4-2-3-5-10(9)16-13(17)11-6-7-12(14)18-11/h2-8H,1H3,(H,16,17). The second-order valence-electron chi connectivity index (χ2n) is 3.76. The minimum atomic E-state index is -0.300. The summed E-state index contributed by atoms with van der Waals surface area (Å²) in [5.74, 6) is -0.0515. The second-order valence-corrected chi connectivity index (χ2v) is 5.20. The van der Waals surface area contributed by atoms with Crippen molar-refractivity contribution in [1.82, 2.24) is 0 Å². The summed E-state index contributed by atoms with van der Waals surface area (Å²) in [6.45, 7) is 1.86. The van der Waals surface area contributed by atoms with E-state index >= 15 is 0 Å². The molecule has 0 aliphatic heterocycles. The molecule has 1 N–H and O–H groups in total. The monoisotopic (exact) mass is 327 g/mol. The fourth-order valence-electron chi connectivity index (χ4n) is 1.58. The van der Waals surface area contributed by atoms with Crippen LogP contribution < -0.4 is 5.32 Å². The number of hydrogen-bond donors (Lipinski definition) is 1. The highest BCUT2D eigenvalue weighted by molar-refractivity contribution is 9.10. The SMILES string of the molecule is CC(Cl)c1ccccc1NC(=O)c1ccc(Br)o1. The van der Waals surface area contributed by atoms with Crippen LogP contribution >= 0.6 is 27.5 Å². The molecule has 0 spiro atoms. The van der Waals surface area contributed by atoms with E-state index in [1.165, 1.54) is 0 Å². The Balaban J connectivity index is 2.22. The molecule has 0 radical (unpaired) electrons. The lowest BCUT2D eigenvalue weighted by atomic mass is 10.1. The number of para-hydroxylation sites is 1. The molecule has 1 amide bonds. The molecule has 5 heteroatoms. The van der Waals surface area contributed by atoms with Gasteiger partial charge in [-0.25, -0.2) is 0 Å². The summed E-state index contributed by atoms with van der Waals surface area (Å²) in [7, 11) is 0. The number of carbonyl (C=O) groups excluding carboxylic acids is 1. The molecular weight excluding hydrogens is 318 g/mol. The Kier molecular flexibility index (Phi) is 4.09. The molecule has 0 saturated carbocycles. The van der Waals surface area contributed by atoms with E-state index in [9.17, 15) is 4.79 Å². The molecule has 1 unspecified atom stereocenters. The van der Waals surface area contributed by atoms with Gasteiger partial charge in [-0.2, -0.15) is 0 Å². The molecular formula is C13H11BrClNO2. The average molecular weight is 329 g/mol. The van der Waals surface area contributed by atoms with E-state index in [1.807, 2.05) is 31.2 Å². The van der Waals surface area contributed by atoms with Crippen molar-refractivity contribution in [2.45, 2.75) is 12.3 Å². The van der Waals surface area contributed by atoms with E-state index in [1.54, 1.807) is 12.1 Å². The van der Waals surface area contributed by atoms with Crippen molar-refractivity contribution in [2.24, 2.45) is 0 Å². The Hall–Kier alpha value is -1.26. The number of hydrogen-bond acceptors (Lipinski definition) is 2. The van der Waals surface area contributed by atoms with Gasteiger partial charge >= 0.3 is 0 Å². The lowest BCUT2D eigenvalue weighted by Crippen LogP contribution is -2.12. The van der Waals surface area contributed by atoms with Crippen LogP contribution in [0.2, 0.25) is 0 Å². The van der Waals surface area contributed by atoms with Gasteiger partial charge in [-0.1, -0.05) is 18.2 Å². The van der Waals surface area contributed by atoms with Crippen LogP contribution in [0.5, 0.6) is 0 Å². The van der Waals surface area contributed by atoms with Gasteiger partial charge in [0.1, 0.15) is 0 Å². The third-order valence-electron chi connectivity index (χ3n) is 2.43. The van der Waals surface area contributed by atoms with Crippen LogP contribution in [0.25, 0.3) is 0 Å². The van der Waals surface area contributed by atoms with Gasteiger partial charge in [0.2, 0.25) is 0 Å². The fourth-order valence-corrected chi connectivity index (χ4v) is 2.07. The Morgan fingerprint density at radius 2 is 2.06 bits per heavy atom. The zero-order valence-electron chi connectivity index (χ0n) is 9.61. The molecule has 0 aliphatic carbocycles. The molecule has 1 aromatic carbocycles. The van der Waals surface area contributed by atoms with E-state index in [4.69, 9.17) is 16.0 Å². The number of furan rings is 1. The minimum Gasteiger partial charge on any atom is -0.444 e. The summed E-state index contributed by atoms with van der Waals surface area (Å²) in [6, 6.07) is 10.7. The number of benzene rings is 1. The highest BCUT2D eigenvalue weighted by Gasteiger charge is 2.14. The van der Waals surface area contributed by atoms with Crippen molar-refractivity contribution in [3.05, 3.63) is 52.4 Å². The number of alkyl halides is 1. The molecule has 2 aromatic rings. The molecule has 0 bridgehead atoms. The van der Waals surface area contributed by atoms with E-state index in [-0.39, 0.29) is 17.0 Å². The van der Waals surface area contributed by atoms with Gasteiger partial charge in [0.05, 0.1) is 5.38 Å². The smallest absolute Gasteiger partial charge is 0.291 e. The summed E-state index contributed by atoms with van der Waals surface area (Å²) >= 11 is 9.22. The maximum absolute atomic E-state index is 11.9. The van der Waals surface area contributed by atoms with Crippen molar-refractivity contribution in [3.8, 4) is 0 Å². The molecule has 1 aromatic heterocycles. The van der Waals surface area contributed by atoms with Gasteiger partial charge in [-0.3, -0.25) is 4.79 Å². The van der Waals surface area contributed by atoms with Crippen molar-refractivity contribution in [1.29, 1.82) is 0 Å². The zero-order chi connectivity index (χ0) is 13.1. The molecule has 1 atom stereocenters. The first-order valence-electron chi connectivity index (χ1n) is 5.37. The Bertz CT molecular complexity index is 566. The van der Waals surface area contributed by atoms with E-state index in [0.717, 1.165) is 5.56 Å². The number of anilines is 1. The molecule has 0 aliphatic rings. The maximum atomic E-state index is 11.9. The highest BCUT2D eigenvalue weighted by atomic mass is 79.9. The van der Waals surface area contributed by atoms with Crippen molar-refractivity contribution < 1.29 is 9.21 Å². The van der Waals surface area contributed by atoms with Crippen LogP contribution in [0.1, 0.15) is 28.4 Å². The lowest BCUT2D eigenvalue weighted by Gasteiger charge is -2.11. The van der Waals surface area contributed by atoms with Crippen LogP contribution in [0.15, 0.2) is 45.5 Å². The number of nitrogens with one attached hydrogen (secondary N) is 1. The summed E-state index contributed by atoms with van der Waals surface area (Å²) in [5, 5.41) is 2.61. The number of carbonyl (C=O) groups is 1. The Morgan fingerprint density at radius 1 is 1.33 bits per heavy atom. The van der Waals surface area contributed by atoms with E-state index in [2.05, 4.69) is 21.2 Å². The lowest BCUT2D eigenvalue weighted by molar-refractivity contribution is 0.0995. The molecule has 3 nitrogen and oxygen atoms in total. The molecule has 1 heterocycles. The van der Waals surface area contributed by atoms with Gasteiger partial charge < -0.3 is 9.73 Å². The van der Waals surface area contributed by atoms with Gasteiger partial charge in [-0.15, -0.1) is 11.6 Å². The molecule has 0 saturated heterocycles. The second kappa shape index (κ2) is 5.59. The third kappa shape index (κ3) is 2.94. The molecule has 0 fully saturated rings. The van der Waals surface area contributed by atoms with Crippen LogP contribution in [0.3, 0.4) is 0 Å². The highest BCUT2D eigenvalue weighted by Crippen LogP contribution is 2.27. The first-order chi connectivity index (χ1) is 8.58. The van der Waals surface area contributed by atoms with Gasteiger partial charge in [0, 0.05) is 5.69 Å². The van der Waals surface area contributed by atoms with Gasteiger partial charge in [0.15, 0.2) is 10.4 Å². The Labute approximate surface area is 118 Å². The van der Waals surface area contributed by atoms with Crippen molar-refractivity contribution in [2.75, 3.05) is 5.32 Å². The Morgan fingerprint density at radius 3 is 2.67 bits per heavy atom. The first-order valence-corrected chi connectivity index (χ1v) is 6.60. The molecule has 94 valence electrons. The van der Waals surface area contributed by atoms with Gasteiger partial charge in [0.25, 0.3) is 5.91 Å². The first kappa shape index (κ1) is 13.2. The molecule has 18 heavy (non-hydrogen) atoms. The average Bonchev–Trinajstić information content (AvgIpc) is 2.76. The normalized spacial score (nSPS) is 12.2. The predicted octanol–water partition coefficient (Wildman–Crippen LogP) is 4.59. The largest absolute Gasteiger partial charge is 0.444 e. The maximum Gasteiger partial charge on any atom is 0.291 e. The summed E-state index contributed by atoms with van der Waals surface area (Å²) in [6.07, 6.45) is 0. The van der Waals surface area contributed by atoms with Gasteiger partial charge in [-0.05, 0) is 46.6 Å². The van der Waals surface area contributed by atoms with Crippen LogP contribution in [-0.4, -0.2) is 5.91 Å². The fraction of sp³-hybridized carbons (Fsp3) is 0.154. The number of rotatable bonds is 3.